The van der Waals surface area contributed by atoms with Gasteiger partial charge in [-0.3, -0.25) is 0 Å². The Labute approximate surface area is 135 Å². The summed E-state index contributed by atoms with van der Waals surface area (Å²) in [4.78, 5) is 0. The van der Waals surface area contributed by atoms with E-state index in [9.17, 15) is 10.2 Å². The van der Waals surface area contributed by atoms with Crippen LogP contribution in [0, 0.1) is 0 Å². The van der Waals surface area contributed by atoms with E-state index in [1.165, 1.54) is 6.07 Å². The number of rotatable bonds is 4. The van der Waals surface area contributed by atoms with Gasteiger partial charge in [0, 0.05) is 17.7 Å². The van der Waals surface area contributed by atoms with E-state index in [1.807, 2.05) is 18.2 Å². The van der Waals surface area contributed by atoms with Crippen molar-refractivity contribution >= 4 is 0 Å². The lowest BCUT2D eigenvalue weighted by atomic mass is 9.89. The number of methoxy groups -OCH3 is 2. The predicted molar refractivity (Wildman–Crippen MR) is 87.5 cm³/mol. The molecular formula is C18H21NO4. The lowest BCUT2D eigenvalue weighted by molar-refractivity contribution is 0.354. The zero-order chi connectivity index (χ0) is 16.4. The van der Waals surface area contributed by atoms with Crippen molar-refractivity contribution in [3.63, 3.8) is 0 Å². The van der Waals surface area contributed by atoms with E-state index in [1.54, 1.807) is 20.3 Å². The van der Waals surface area contributed by atoms with Crippen LogP contribution in [0.15, 0.2) is 30.3 Å². The molecule has 0 aliphatic carbocycles. The van der Waals surface area contributed by atoms with Crippen molar-refractivity contribution in [3.05, 3.63) is 47.0 Å². The number of benzene rings is 2. The van der Waals surface area contributed by atoms with Crippen LogP contribution in [0.2, 0.25) is 0 Å². The molecule has 2 aromatic rings. The first kappa shape index (κ1) is 15.5. The lowest BCUT2D eigenvalue weighted by Crippen LogP contribution is -2.31. The van der Waals surface area contributed by atoms with Gasteiger partial charge in [0.2, 0.25) is 0 Å². The fourth-order valence-corrected chi connectivity index (χ4v) is 3.15. The molecule has 5 nitrogen and oxygen atoms in total. The molecule has 0 radical (unpaired) electrons. The highest BCUT2D eigenvalue weighted by atomic mass is 16.5. The first-order chi connectivity index (χ1) is 11.1. The molecule has 0 saturated carbocycles. The highest BCUT2D eigenvalue weighted by molar-refractivity contribution is 5.49. The maximum atomic E-state index is 10.0. The second-order valence-corrected chi connectivity index (χ2v) is 5.68. The van der Waals surface area contributed by atoms with Crippen LogP contribution in [0.25, 0.3) is 0 Å². The molecular weight excluding hydrogens is 294 g/mol. The Balaban J connectivity index is 1.91. The second kappa shape index (κ2) is 6.38. The van der Waals surface area contributed by atoms with Gasteiger partial charge in [-0.1, -0.05) is 6.07 Å². The quantitative estimate of drug-likeness (QED) is 0.809. The van der Waals surface area contributed by atoms with Gasteiger partial charge in [-0.25, -0.2) is 0 Å². The number of nitrogens with one attached hydrogen (secondary N) is 1. The van der Waals surface area contributed by atoms with Gasteiger partial charge in [-0.05, 0) is 48.7 Å². The zero-order valence-corrected chi connectivity index (χ0v) is 13.3. The molecule has 1 aliphatic heterocycles. The van der Waals surface area contributed by atoms with Gasteiger partial charge in [0.15, 0.2) is 11.5 Å². The molecule has 1 aliphatic rings. The van der Waals surface area contributed by atoms with Gasteiger partial charge in [0.25, 0.3) is 0 Å². The van der Waals surface area contributed by atoms with Crippen LogP contribution in [0.3, 0.4) is 0 Å². The molecule has 122 valence electrons. The normalized spacial score (nSPS) is 16.7. The summed E-state index contributed by atoms with van der Waals surface area (Å²) in [6.07, 6.45) is 1.49. The molecule has 1 unspecified atom stereocenters. The number of hydrogen-bond acceptors (Lipinski definition) is 5. The summed E-state index contributed by atoms with van der Waals surface area (Å²) in [5.41, 5.74) is 2.95. The van der Waals surface area contributed by atoms with Gasteiger partial charge in [-0.15, -0.1) is 0 Å². The van der Waals surface area contributed by atoms with Crippen molar-refractivity contribution in [2.75, 3.05) is 20.8 Å². The van der Waals surface area contributed by atoms with Crippen molar-refractivity contribution in [1.29, 1.82) is 0 Å². The lowest BCUT2D eigenvalue weighted by Gasteiger charge is -2.28. The highest BCUT2D eigenvalue weighted by Gasteiger charge is 2.23. The van der Waals surface area contributed by atoms with E-state index in [0.29, 0.717) is 11.5 Å². The molecule has 23 heavy (non-hydrogen) atoms. The Morgan fingerprint density at radius 1 is 1.09 bits per heavy atom. The number of aromatic hydroxyl groups is 2. The molecule has 0 aromatic heterocycles. The molecule has 0 saturated heterocycles. The molecule has 0 amide bonds. The largest absolute Gasteiger partial charge is 0.508 e. The van der Waals surface area contributed by atoms with Crippen molar-refractivity contribution in [2.45, 2.75) is 18.9 Å². The molecule has 1 atom stereocenters. The van der Waals surface area contributed by atoms with E-state index in [-0.39, 0.29) is 17.5 Å². The minimum Gasteiger partial charge on any atom is -0.508 e. The monoisotopic (exact) mass is 315 g/mol. The predicted octanol–water partition coefficient (Wildman–Crippen LogP) is 2.54. The first-order valence-electron chi connectivity index (χ1n) is 7.61. The third-order valence-corrected chi connectivity index (χ3v) is 4.27. The molecule has 2 aromatic carbocycles. The third kappa shape index (κ3) is 3.05. The van der Waals surface area contributed by atoms with Crippen LogP contribution in [0.4, 0.5) is 0 Å². The van der Waals surface area contributed by atoms with Gasteiger partial charge in [0.05, 0.1) is 14.2 Å². The average Bonchev–Trinajstić information content (AvgIpc) is 2.55. The smallest absolute Gasteiger partial charge is 0.160 e. The Morgan fingerprint density at radius 2 is 1.87 bits per heavy atom. The number of phenols is 2. The topological polar surface area (TPSA) is 71.0 Å². The van der Waals surface area contributed by atoms with Crippen LogP contribution in [0.1, 0.15) is 22.7 Å². The first-order valence-corrected chi connectivity index (χ1v) is 7.61. The Morgan fingerprint density at radius 3 is 2.61 bits per heavy atom. The summed E-state index contributed by atoms with van der Waals surface area (Å²) in [5.74, 6) is 1.64. The van der Waals surface area contributed by atoms with Gasteiger partial charge in [0.1, 0.15) is 11.5 Å². The van der Waals surface area contributed by atoms with E-state index < -0.39 is 0 Å². The minimum absolute atomic E-state index is 0.0369. The van der Waals surface area contributed by atoms with Crippen LogP contribution < -0.4 is 14.8 Å². The number of hydrogen-bond donors (Lipinski definition) is 3. The summed E-state index contributed by atoms with van der Waals surface area (Å²) >= 11 is 0. The van der Waals surface area contributed by atoms with Crippen molar-refractivity contribution < 1.29 is 19.7 Å². The van der Waals surface area contributed by atoms with Crippen LogP contribution >= 0.6 is 0 Å². The maximum Gasteiger partial charge on any atom is 0.160 e. The molecule has 0 fully saturated rings. The van der Waals surface area contributed by atoms with Gasteiger partial charge in [-0.2, -0.15) is 0 Å². The molecule has 0 bridgehead atoms. The number of ether oxygens (including phenoxy) is 2. The average molecular weight is 315 g/mol. The number of fused-ring (bicyclic) bond motifs is 1. The fraction of sp³-hybridized carbons (Fsp3) is 0.333. The highest BCUT2D eigenvalue weighted by Crippen LogP contribution is 2.36. The molecule has 1 heterocycles. The van der Waals surface area contributed by atoms with Crippen LogP contribution in [0.5, 0.6) is 23.0 Å². The summed E-state index contributed by atoms with van der Waals surface area (Å²) in [7, 11) is 3.23. The molecule has 3 N–H and O–H groups in total. The van der Waals surface area contributed by atoms with Crippen molar-refractivity contribution in [3.8, 4) is 23.0 Å². The third-order valence-electron chi connectivity index (χ3n) is 4.27. The minimum atomic E-state index is 0.0369. The van der Waals surface area contributed by atoms with Crippen LogP contribution in [-0.4, -0.2) is 31.0 Å². The van der Waals surface area contributed by atoms with E-state index in [2.05, 4.69) is 5.32 Å². The summed E-state index contributed by atoms with van der Waals surface area (Å²) < 4.78 is 10.6. The maximum absolute atomic E-state index is 10.0. The number of phenolic OH excluding ortho intramolecular Hbond substituents is 2. The summed E-state index contributed by atoms with van der Waals surface area (Å²) in [6.45, 7) is 0.795. The Kier molecular flexibility index (Phi) is 4.30. The van der Waals surface area contributed by atoms with Crippen LogP contribution in [-0.2, 0) is 12.8 Å². The van der Waals surface area contributed by atoms with E-state index in [0.717, 1.165) is 36.1 Å². The summed E-state index contributed by atoms with van der Waals surface area (Å²) in [6, 6.07) is 9.01. The van der Waals surface area contributed by atoms with Crippen molar-refractivity contribution in [2.24, 2.45) is 0 Å². The Bertz CT molecular complexity index is 714. The standard InChI is InChI=1S/C18H21NO4/c1-22-17-4-3-11(8-18(17)23-2)7-15-14-9-12(20)10-16(21)13(14)5-6-19-15/h3-4,8-10,15,19-21H,5-7H2,1-2H3. The van der Waals surface area contributed by atoms with E-state index >= 15 is 0 Å². The van der Waals surface area contributed by atoms with Gasteiger partial charge < -0.3 is 25.0 Å². The van der Waals surface area contributed by atoms with E-state index in [4.69, 9.17) is 9.47 Å². The van der Waals surface area contributed by atoms with Gasteiger partial charge >= 0.3 is 0 Å². The molecule has 5 heteroatoms. The summed E-state index contributed by atoms with van der Waals surface area (Å²) in [5, 5.41) is 23.3. The zero-order valence-electron chi connectivity index (χ0n) is 13.3. The molecule has 3 rings (SSSR count). The van der Waals surface area contributed by atoms with Crippen molar-refractivity contribution in [1.82, 2.24) is 5.32 Å². The fourth-order valence-electron chi connectivity index (χ4n) is 3.15. The second-order valence-electron chi connectivity index (χ2n) is 5.68. The molecule has 0 spiro atoms. The SMILES string of the molecule is COc1ccc(CC2NCCc3c(O)cc(O)cc32)cc1OC. The Hall–Kier alpha value is -2.40.